The number of alkyl halides is 1. The molecule has 4 atom stereocenters. The van der Waals surface area contributed by atoms with Crippen LogP contribution in [0.5, 0.6) is 5.75 Å². The number of ether oxygens (including phenoxy) is 1. The van der Waals surface area contributed by atoms with Gasteiger partial charge in [-0.15, -0.1) is 11.6 Å². The van der Waals surface area contributed by atoms with Crippen LogP contribution in [0, 0.1) is 24.7 Å². The van der Waals surface area contributed by atoms with Crippen molar-refractivity contribution < 1.29 is 4.74 Å². The van der Waals surface area contributed by atoms with Gasteiger partial charge in [-0.05, 0) is 63.4 Å². The average Bonchev–Trinajstić information content (AvgIpc) is 3.03. The first kappa shape index (κ1) is 14.3. The smallest absolute Gasteiger partial charge is 0.123 e. The Morgan fingerprint density at radius 1 is 1.30 bits per heavy atom. The highest BCUT2D eigenvalue weighted by molar-refractivity contribution is 6.21. The van der Waals surface area contributed by atoms with Crippen LogP contribution in [-0.2, 0) is 0 Å². The van der Waals surface area contributed by atoms with Crippen molar-refractivity contribution in [2.45, 2.75) is 51.3 Å². The van der Waals surface area contributed by atoms with Crippen LogP contribution in [0.15, 0.2) is 18.2 Å². The number of fused-ring (bicyclic) bond motifs is 2. The molecule has 2 bridgehead atoms. The van der Waals surface area contributed by atoms with E-state index in [-0.39, 0.29) is 5.38 Å². The summed E-state index contributed by atoms with van der Waals surface area (Å²) in [7, 11) is 0. The molecule has 4 unspecified atom stereocenters. The van der Waals surface area contributed by atoms with E-state index in [9.17, 15) is 0 Å². The highest BCUT2D eigenvalue weighted by Crippen LogP contribution is 2.52. The molecule has 20 heavy (non-hydrogen) atoms. The largest absolute Gasteiger partial charge is 0.494 e. The molecule has 2 heteroatoms. The standard InChI is InChI=1S/C18H25ClO/c1-3-20-18-7-4-12(2)8-16(18)17(19)11-15-10-13-5-6-14(15)9-13/h4,7-8,13-15,17H,3,5-6,9-11H2,1-2H3. The van der Waals surface area contributed by atoms with Crippen LogP contribution in [-0.4, -0.2) is 6.61 Å². The van der Waals surface area contributed by atoms with E-state index in [1.807, 2.05) is 6.92 Å². The van der Waals surface area contributed by atoms with Gasteiger partial charge in [-0.2, -0.15) is 0 Å². The molecule has 3 rings (SSSR count). The molecule has 2 aliphatic rings. The lowest BCUT2D eigenvalue weighted by atomic mass is 9.84. The van der Waals surface area contributed by atoms with Gasteiger partial charge in [0, 0.05) is 5.56 Å². The molecule has 0 spiro atoms. The van der Waals surface area contributed by atoms with E-state index in [4.69, 9.17) is 16.3 Å². The SMILES string of the molecule is CCOc1ccc(C)cc1C(Cl)CC1CC2CCC1C2. The summed E-state index contributed by atoms with van der Waals surface area (Å²) in [6, 6.07) is 6.38. The normalized spacial score (nSPS) is 29.6. The summed E-state index contributed by atoms with van der Waals surface area (Å²) in [5, 5.41) is 0.0980. The molecule has 2 saturated carbocycles. The Bertz CT molecular complexity index is 470. The highest BCUT2D eigenvalue weighted by atomic mass is 35.5. The van der Waals surface area contributed by atoms with Crippen LogP contribution in [0.25, 0.3) is 0 Å². The van der Waals surface area contributed by atoms with Crippen molar-refractivity contribution in [3.8, 4) is 5.75 Å². The van der Waals surface area contributed by atoms with Gasteiger partial charge in [0.1, 0.15) is 5.75 Å². The van der Waals surface area contributed by atoms with E-state index < -0.39 is 0 Å². The maximum absolute atomic E-state index is 6.76. The van der Waals surface area contributed by atoms with Crippen LogP contribution in [0.4, 0.5) is 0 Å². The van der Waals surface area contributed by atoms with Gasteiger partial charge in [-0.1, -0.05) is 24.1 Å². The van der Waals surface area contributed by atoms with Gasteiger partial charge in [0.25, 0.3) is 0 Å². The fourth-order valence-electron chi connectivity index (χ4n) is 4.26. The Hall–Kier alpha value is -0.690. The molecule has 1 aromatic carbocycles. The van der Waals surface area contributed by atoms with Crippen LogP contribution in [0.2, 0.25) is 0 Å². The van der Waals surface area contributed by atoms with Crippen molar-refractivity contribution in [1.29, 1.82) is 0 Å². The van der Waals surface area contributed by atoms with Crippen molar-refractivity contribution >= 4 is 11.6 Å². The molecule has 0 aliphatic heterocycles. The molecule has 1 aromatic rings. The Morgan fingerprint density at radius 2 is 2.15 bits per heavy atom. The second-order valence-electron chi connectivity index (χ2n) is 6.61. The summed E-state index contributed by atoms with van der Waals surface area (Å²) < 4.78 is 5.76. The van der Waals surface area contributed by atoms with Gasteiger partial charge in [0.05, 0.1) is 12.0 Å². The Balaban J connectivity index is 1.72. The first-order chi connectivity index (χ1) is 9.67. The fourth-order valence-corrected chi connectivity index (χ4v) is 4.66. The van der Waals surface area contributed by atoms with E-state index in [1.165, 1.54) is 36.8 Å². The minimum Gasteiger partial charge on any atom is -0.494 e. The van der Waals surface area contributed by atoms with Crippen LogP contribution < -0.4 is 4.74 Å². The maximum atomic E-state index is 6.76. The van der Waals surface area contributed by atoms with Gasteiger partial charge in [-0.25, -0.2) is 0 Å². The van der Waals surface area contributed by atoms with E-state index in [0.717, 1.165) is 29.9 Å². The van der Waals surface area contributed by atoms with E-state index in [1.54, 1.807) is 0 Å². The monoisotopic (exact) mass is 292 g/mol. The van der Waals surface area contributed by atoms with E-state index >= 15 is 0 Å². The van der Waals surface area contributed by atoms with Crippen LogP contribution >= 0.6 is 11.6 Å². The fraction of sp³-hybridized carbons (Fsp3) is 0.667. The molecular weight excluding hydrogens is 268 g/mol. The number of hydrogen-bond acceptors (Lipinski definition) is 1. The molecule has 0 radical (unpaired) electrons. The number of benzene rings is 1. The zero-order chi connectivity index (χ0) is 14.1. The van der Waals surface area contributed by atoms with Crippen molar-refractivity contribution in [2.75, 3.05) is 6.61 Å². The van der Waals surface area contributed by atoms with Gasteiger partial charge in [0.15, 0.2) is 0 Å². The summed E-state index contributed by atoms with van der Waals surface area (Å²) in [5.41, 5.74) is 2.46. The minimum atomic E-state index is 0.0980. The molecule has 1 nitrogen and oxygen atoms in total. The van der Waals surface area contributed by atoms with Crippen molar-refractivity contribution in [3.63, 3.8) is 0 Å². The van der Waals surface area contributed by atoms with Crippen molar-refractivity contribution in [1.82, 2.24) is 0 Å². The number of halogens is 1. The lowest BCUT2D eigenvalue weighted by molar-refractivity contribution is 0.305. The summed E-state index contributed by atoms with van der Waals surface area (Å²) in [5.74, 6) is 3.76. The average molecular weight is 293 g/mol. The second kappa shape index (κ2) is 5.97. The quantitative estimate of drug-likeness (QED) is 0.651. The van der Waals surface area contributed by atoms with Gasteiger partial charge in [-0.3, -0.25) is 0 Å². The first-order valence-corrected chi connectivity index (χ1v) is 8.48. The Kier molecular flexibility index (Phi) is 4.26. The summed E-state index contributed by atoms with van der Waals surface area (Å²) >= 11 is 6.76. The molecule has 0 heterocycles. The molecule has 0 amide bonds. The molecule has 0 saturated heterocycles. The molecular formula is C18H25ClO. The summed E-state index contributed by atoms with van der Waals surface area (Å²) in [6.45, 7) is 4.86. The molecule has 2 fully saturated rings. The van der Waals surface area contributed by atoms with Crippen molar-refractivity contribution in [3.05, 3.63) is 29.3 Å². The molecule has 0 aromatic heterocycles. The minimum absolute atomic E-state index is 0.0980. The molecule has 2 aliphatic carbocycles. The lowest BCUT2D eigenvalue weighted by Gasteiger charge is -2.25. The molecule has 0 N–H and O–H groups in total. The Labute approximate surface area is 127 Å². The first-order valence-electron chi connectivity index (χ1n) is 8.04. The third kappa shape index (κ3) is 2.83. The lowest BCUT2D eigenvalue weighted by Crippen LogP contribution is -2.13. The van der Waals surface area contributed by atoms with Gasteiger partial charge in [0.2, 0.25) is 0 Å². The highest BCUT2D eigenvalue weighted by Gasteiger charge is 2.40. The summed E-state index contributed by atoms with van der Waals surface area (Å²) in [6.07, 6.45) is 6.88. The van der Waals surface area contributed by atoms with Crippen LogP contribution in [0.1, 0.15) is 55.5 Å². The molecule has 110 valence electrons. The van der Waals surface area contributed by atoms with Gasteiger partial charge < -0.3 is 4.74 Å². The van der Waals surface area contributed by atoms with E-state index in [2.05, 4.69) is 25.1 Å². The zero-order valence-corrected chi connectivity index (χ0v) is 13.3. The predicted molar refractivity (Wildman–Crippen MR) is 84.5 cm³/mol. The number of aryl methyl sites for hydroxylation is 1. The number of hydrogen-bond donors (Lipinski definition) is 0. The van der Waals surface area contributed by atoms with Crippen molar-refractivity contribution in [2.24, 2.45) is 17.8 Å². The van der Waals surface area contributed by atoms with Gasteiger partial charge >= 0.3 is 0 Å². The third-order valence-electron chi connectivity index (χ3n) is 5.20. The predicted octanol–water partition coefficient (Wildman–Crippen LogP) is 5.50. The van der Waals surface area contributed by atoms with E-state index in [0.29, 0.717) is 6.61 Å². The Morgan fingerprint density at radius 3 is 2.80 bits per heavy atom. The van der Waals surface area contributed by atoms with Crippen LogP contribution in [0.3, 0.4) is 0 Å². The maximum Gasteiger partial charge on any atom is 0.123 e. The topological polar surface area (TPSA) is 9.23 Å². The second-order valence-corrected chi connectivity index (χ2v) is 7.14. The number of rotatable bonds is 5. The summed E-state index contributed by atoms with van der Waals surface area (Å²) in [4.78, 5) is 0. The third-order valence-corrected chi connectivity index (χ3v) is 5.61. The zero-order valence-electron chi connectivity index (χ0n) is 12.6.